The average molecular weight is 237 g/mol. The molecule has 1 atom stereocenters. The molecule has 16 heavy (non-hydrogen) atoms. The number of aromatic nitrogens is 4. The third-order valence-electron chi connectivity index (χ3n) is 2.60. The maximum atomic E-state index is 4.37. The molecule has 0 saturated carbocycles. The summed E-state index contributed by atoms with van der Waals surface area (Å²) in [6.45, 7) is 3.07. The van der Waals surface area contributed by atoms with Gasteiger partial charge in [0.05, 0.1) is 17.1 Å². The van der Waals surface area contributed by atoms with Gasteiger partial charge in [-0.3, -0.25) is 0 Å². The normalized spacial score (nSPS) is 12.9. The van der Waals surface area contributed by atoms with Crippen LogP contribution in [0.15, 0.2) is 18.6 Å². The highest BCUT2D eigenvalue weighted by Gasteiger charge is 2.15. The first kappa shape index (κ1) is 11.2. The minimum atomic E-state index is 0.243. The molecule has 0 saturated heterocycles. The van der Waals surface area contributed by atoms with Crippen LogP contribution in [0.25, 0.3) is 0 Å². The molecule has 2 aromatic rings. The Balaban J connectivity index is 2.13. The number of likely N-dealkylation sites (N-methyl/N-ethyl adjacent to an activating group) is 1. The Labute approximate surface area is 98.7 Å². The molecule has 2 aromatic heterocycles. The molecule has 0 amide bonds. The predicted molar refractivity (Wildman–Crippen MR) is 63.3 cm³/mol. The summed E-state index contributed by atoms with van der Waals surface area (Å²) in [5.41, 5.74) is 0. The predicted octanol–water partition coefficient (Wildman–Crippen LogP) is 1.26. The van der Waals surface area contributed by atoms with Crippen molar-refractivity contribution in [1.29, 1.82) is 0 Å². The first-order chi connectivity index (χ1) is 7.85. The molecule has 6 heteroatoms. The highest BCUT2D eigenvalue weighted by Crippen LogP contribution is 2.19. The maximum absolute atomic E-state index is 4.37. The molecule has 0 aromatic carbocycles. The minimum absolute atomic E-state index is 0.243. The second-order valence-corrected chi connectivity index (χ2v) is 4.31. The summed E-state index contributed by atoms with van der Waals surface area (Å²) in [6.07, 6.45) is 6.52. The zero-order valence-corrected chi connectivity index (χ0v) is 10.2. The number of nitrogens with one attached hydrogen (secondary N) is 1. The van der Waals surface area contributed by atoms with Crippen molar-refractivity contribution in [3.05, 3.63) is 29.3 Å². The van der Waals surface area contributed by atoms with Crippen LogP contribution in [-0.4, -0.2) is 26.2 Å². The monoisotopic (exact) mass is 237 g/mol. The Kier molecular flexibility index (Phi) is 3.63. The Morgan fingerprint density at radius 1 is 1.56 bits per heavy atom. The van der Waals surface area contributed by atoms with Crippen LogP contribution < -0.4 is 5.32 Å². The Bertz CT molecular complexity index is 422. The Hall–Kier alpha value is -1.27. The van der Waals surface area contributed by atoms with Crippen molar-refractivity contribution < 1.29 is 0 Å². The Morgan fingerprint density at radius 2 is 2.44 bits per heavy atom. The van der Waals surface area contributed by atoms with Crippen molar-refractivity contribution in [1.82, 2.24) is 24.5 Å². The van der Waals surface area contributed by atoms with E-state index in [1.807, 2.05) is 25.6 Å². The smallest absolute Gasteiger partial charge is 0.110 e. The number of rotatable bonds is 5. The third kappa shape index (κ3) is 2.28. The summed E-state index contributed by atoms with van der Waals surface area (Å²) in [5.74, 6) is 1.09. The van der Waals surface area contributed by atoms with Crippen molar-refractivity contribution in [3.63, 3.8) is 0 Å². The quantitative estimate of drug-likeness (QED) is 0.850. The standard InChI is InChI=1S/C10H15N5S/c1-3-15-5-4-12-10(15)6-8(11-2)9-7-13-14-16-9/h4-5,7-8,11H,3,6H2,1-2H3. The van der Waals surface area contributed by atoms with Crippen molar-refractivity contribution in [3.8, 4) is 0 Å². The summed E-state index contributed by atoms with van der Waals surface area (Å²) in [6, 6.07) is 0.243. The molecular formula is C10H15N5S. The minimum Gasteiger partial charge on any atom is -0.335 e. The van der Waals surface area contributed by atoms with Gasteiger partial charge in [0.1, 0.15) is 5.82 Å². The van der Waals surface area contributed by atoms with E-state index in [-0.39, 0.29) is 6.04 Å². The fourth-order valence-corrected chi connectivity index (χ4v) is 2.29. The lowest BCUT2D eigenvalue weighted by Crippen LogP contribution is -2.19. The van der Waals surface area contributed by atoms with Gasteiger partial charge in [-0.1, -0.05) is 4.49 Å². The van der Waals surface area contributed by atoms with Crippen LogP contribution in [0, 0.1) is 0 Å². The largest absolute Gasteiger partial charge is 0.335 e. The summed E-state index contributed by atoms with van der Waals surface area (Å²) < 4.78 is 6.04. The highest BCUT2D eigenvalue weighted by atomic mass is 32.1. The van der Waals surface area contributed by atoms with Crippen molar-refractivity contribution in [2.45, 2.75) is 25.9 Å². The number of hydrogen-bond acceptors (Lipinski definition) is 5. The van der Waals surface area contributed by atoms with Crippen LogP contribution >= 0.6 is 11.5 Å². The first-order valence-corrected chi connectivity index (χ1v) is 6.07. The van der Waals surface area contributed by atoms with E-state index in [1.165, 1.54) is 11.5 Å². The van der Waals surface area contributed by atoms with Crippen molar-refractivity contribution >= 4 is 11.5 Å². The van der Waals surface area contributed by atoms with Gasteiger partial charge < -0.3 is 9.88 Å². The van der Waals surface area contributed by atoms with Crippen molar-refractivity contribution in [2.24, 2.45) is 0 Å². The molecular weight excluding hydrogens is 222 g/mol. The lowest BCUT2D eigenvalue weighted by atomic mass is 10.2. The zero-order valence-electron chi connectivity index (χ0n) is 9.42. The van der Waals surface area contributed by atoms with Gasteiger partial charge in [-0.05, 0) is 25.5 Å². The third-order valence-corrected chi connectivity index (χ3v) is 3.38. The van der Waals surface area contributed by atoms with E-state index < -0.39 is 0 Å². The molecule has 0 spiro atoms. The van der Waals surface area contributed by atoms with Crippen LogP contribution in [0.2, 0.25) is 0 Å². The maximum Gasteiger partial charge on any atom is 0.110 e. The Morgan fingerprint density at radius 3 is 3.06 bits per heavy atom. The van der Waals surface area contributed by atoms with E-state index in [4.69, 9.17) is 0 Å². The van der Waals surface area contributed by atoms with E-state index in [9.17, 15) is 0 Å². The summed E-state index contributed by atoms with van der Waals surface area (Å²) in [7, 11) is 1.95. The van der Waals surface area contributed by atoms with Crippen LogP contribution in [0.4, 0.5) is 0 Å². The lowest BCUT2D eigenvalue weighted by Gasteiger charge is -2.13. The molecule has 1 N–H and O–H groups in total. The van der Waals surface area contributed by atoms with E-state index in [1.54, 1.807) is 0 Å². The molecule has 0 aliphatic heterocycles. The molecule has 0 aliphatic rings. The van der Waals surface area contributed by atoms with Crippen LogP contribution in [0.1, 0.15) is 23.7 Å². The second-order valence-electron chi connectivity index (χ2n) is 3.49. The molecule has 2 heterocycles. The van der Waals surface area contributed by atoms with Gasteiger partial charge in [0.2, 0.25) is 0 Å². The zero-order chi connectivity index (χ0) is 11.4. The summed E-state index contributed by atoms with van der Waals surface area (Å²) in [4.78, 5) is 5.52. The number of hydrogen-bond donors (Lipinski definition) is 1. The molecule has 0 fully saturated rings. The van der Waals surface area contributed by atoms with Crippen LogP contribution in [0.5, 0.6) is 0 Å². The van der Waals surface area contributed by atoms with E-state index in [2.05, 4.69) is 31.4 Å². The molecule has 2 rings (SSSR count). The van der Waals surface area contributed by atoms with Gasteiger partial charge in [-0.15, -0.1) is 5.10 Å². The van der Waals surface area contributed by atoms with Gasteiger partial charge in [0.15, 0.2) is 0 Å². The van der Waals surface area contributed by atoms with Gasteiger partial charge in [0, 0.05) is 25.4 Å². The van der Waals surface area contributed by atoms with Gasteiger partial charge in [-0.25, -0.2) is 4.98 Å². The molecule has 0 aliphatic carbocycles. The number of aryl methyl sites for hydroxylation is 1. The number of nitrogens with zero attached hydrogens (tertiary/aromatic N) is 4. The van der Waals surface area contributed by atoms with Gasteiger partial charge in [-0.2, -0.15) is 0 Å². The van der Waals surface area contributed by atoms with Gasteiger partial charge in [0.25, 0.3) is 0 Å². The molecule has 0 radical (unpaired) electrons. The highest BCUT2D eigenvalue weighted by molar-refractivity contribution is 7.05. The van der Waals surface area contributed by atoms with E-state index in [0.29, 0.717) is 0 Å². The molecule has 0 bridgehead atoms. The summed E-state index contributed by atoms with van der Waals surface area (Å²) >= 11 is 1.43. The van der Waals surface area contributed by atoms with Crippen molar-refractivity contribution in [2.75, 3.05) is 7.05 Å². The second kappa shape index (κ2) is 5.18. The van der Waals surface area contributed by atoms with Crippen LogP contribution in [-0.2, 0) is 13.0 Å². The van der Waals surface area contributed by atoms with E-state index >= 15 is 0 Å². The molecule has 86 valence electrons. The fourth-order valence-electron chi connectivity index (χ4n) is 1.67. The first-order valence-electron chi connectivity index (χ1n) is 5.29. The SMILES string of the molecule is CCn1ccnc1CC(NC)c1cnns1. The fraction of sp³-hybridized carbons (Fsp3) is 0.500. The topological polar surface area (TPSA) is 55.6 Å². The molecule has 5 nitrogen and oxygen atoms in total. The van der Waals surface area contributed by atoms with Gasteiger partial charge >= 0.3 is 0 Å². The molecule has 1 unspecified atom stereocenters. The lowest BCUT2D eigenvalue weighted by molar-refractivity contribution is 0.559. The van der Waals surface area contributed by atoms with Crippen LogP contribution in [0.3, 0.4) is 0 Å². The average Bonchev–Trinajstić information content (AvgIpc) is 2.96. The van der Waals surface area contributed by atoms with E-state index in [0.717, 1.165) is 23.7 Å². The summed E-state index contributed by atoms with van der Waals surface area (Å²) in [5, 5.41) is 7.14. The number of imidazole rings is 1.